The minimum atomic E-state index is -0.976. The number of aliphatic carboxylic acids is 1. The summed E-state index contributed by atoms with van der Waals surface area (Å²) in [6.45, 7) is 4.82. The van der Waals surface area contributed by atoms with E-state index in [-0.39, 0.29) is 24.2 Å². The monoisotopic (exact) mass is 572 g/mol. The van der Waals surface area contributed by atoms with E-state index in [1.54, 1.807) is 20.0 Å². The zero-order chi connectivity index (χ0) is 30.3. The van der Waals surface area contributed by atoms with E-state index in [0.717, 1.165) is 16.7 Å². The van der Waals surface area contributed by atoms with Crippen molar-refractivity contribution < 1.29 is 24.2 Å². The molecule has 1 saturated heterocycles. The Morgan fingerprint density at radius 2 is 1.62 bits per heavy atom. The highest BCUT2D eigenvalue weighted by Crippen LogP contribution is 2.41. The quantitative estimate of drug-likeness (QED) is 0.237. The van der Waals surface area contributed by atoms with E-state index >= 15 is 0 Å². The molecule has 222 valence electrons. The Hall–Kier alpha value is -4.21. The lowest BCUT2D eigenvalue weighted by atomic mass is 9.70. The van der Waals surface area contributed by atoms with Gasteiger partial charge in [0.25, 0.3) is 0 Å². The summed E-state index contributed by atoms with van der Waals surface area (Å²) in [7, 11) is 3.32. The molecule has 0 saturated carbocycles. The number of hydrogen-bond donors (Lipinski definition) is 4. The maximum atomic E-state index is 13.4. The van der Waals surface area contributed by atoms with Crippen LogP contribution in [0.5, 0.6) is 5.75 Å². The molecule has 1 heterocycles. The molecule has 1 aliphatic rings. The van der Waals surface area contributed by atoms with Crippen LogP contribution in [-0.2, 0) is 15.1 Å². The number of likely N-dealkylation sites (N-methyl/N-ethyl adjacent to an activating group) is 1. The Bertz CT molecular complexity index is 1400. The zero-order valence-electron chi connectivity index (χ0n) is 24.6. The van der Waals surface area contributed by atoms with Crippen LogP contribution in [0.25, 0.3) is 0 Å². The van der Waals surface area contributed by atoms with E-state index in [1.165, 1.54) is 7.11 Å². The van der Waals surface area contributed by atoms with Crippen molar-refractivity contribution in [3.05, 3.63) is 89.5 Å². The summed E-state index contributed by atoms with van der Waals surface area (Å²) in [4.78, 5) is 40.1. The minimum absolute atomic E-state index is 0.0155. The fourth-order valence-electron chi connectivity index (χ4n) is 6.22. The molecule has 42 heavy (non-hydrogen) atoms. The average Bonchev–Trinajstić information content (AvgIpc) is 2.99. The molecule has 2 amide bonds. The number of carboxylic acid groups (broad SMARTS) is 1. The van der Waals surface area contributed by atoms with Gasteiger partial charge in [0.1, 0.15) is 11.3 Å². The Labute approximate surface area is 247 Å². The lowest BCUT2D eigenvalue weighted by Gasteiger charge is -2.45. The molecule has 9 heteroatoms. The van der Waals surface area contributed by atoms with Gasteiger partial charge in [0, 0.05) is 11.7 Å². The summed E-state index contributed by atoms with van der Waals surface area (Å²) >= 11 is 0. The van der Waals surface area contributed by atoms with Gasteiger partial charge in [-0.15, -0.1) is 0 Å². The molecule has 0 aromatic heterocycles. The number of urea groups is 1. The molecular formula is C33H40N4O5. The molecule has 1 aliphatic heterocycles. The Balaban J connectivity index is 1.55. The summed E-state index contributed by atoms with van der Waals surface area (Å²) < 4.78 is 5.66. The normalized spacial score (nSPS) is 16.2. The highest BCUT2D eigenvalue weighted by atomic mass is 16.5. The summed E-state index contributed by atoms with van der Waals surface area (Å²) in [6.07, 6.45) is 1.41. The van der Waals surface area contributed by atoms with E-state index in [0.29, 0.717) is 43.1 Å². The third-order valence-electron chi connectivity index (χ3n) is 8.38. The first-order chi connectivity index (χ1) is 20.2. The standard InChI is InChI=1S/C33H40N4O5/c1-22-10-8-9-13-27(22)35-32(41)36-28-15-14-26(20-30(28)42-4)33(34-3,23(2)38)25-16-18-37(19-17-25)29(21-31(39)40)24-11-6-5-7-12-24/h5-15,20,25,29,34H,16-19,21H2,1-4H3,(H,39,40)(H2,35,36,41). The number of nitrogens with zero attached hydrogens (tertiary/aromatic N) is 1. The van der Waals surface area contributed by atoms with Crippen molar-refractivity contribution in [1.29, 1.82) is 0 Å². The molecule has 2 atom stereocenters. The predicted molar refractivity (Wildman–Crippen MR) is 164 cm³/mol. The number of ether oxygens (including phenoxy) is 1. The van der Waals surface area contributed by atoms with Crippen molar-refractivity contribution >= 4 is 29.2 Å². The van der Waals surface area contributed by atoms with Gasteiger partial charge in [-0.3, -0.25) is 14.5 Å². The number of ketones is 1. The third-order valence-corrected chi connectivity index (χ3v) is 8.38. The number of hydrogen-bond acceptors (Lipinski definition) is 6. The number of piperidine rings is 1. The number of anilines is 2. The number of likely N-dealkylation sites (tertiary alicyclic amines) is 1. The third kappa shape index (κ3) is 6.64. The number of para-hydroxylation sites is 1. The molecule has 1 fully saturated rings. The number of rotatable bonds is 11. The molecule has 9 nitrogen and oxygen atoms in total. The van der Waals surface area contributed by atoms with Crippen LogP contribution in [0, 0.1) is 12.8 Å². The summed E-state index contributed by atoms with van der Waals surface area (Å²) in [5.41, 5.74) is 2.89. The topological polar surface area (TPSA) is 120 Å². The second-order valence-corrected chi connectivity index (χ2v) is 10.8. The molecule has 0 radical (unpaired) electrons. The molecule has 0 bridgehead atoms. The fourth-order valence-corrected chi connectivity index (χ4v) is 6.22. The molecule has 4 N–H and O–H groups in total. The predicted octanol–water partition coefficient (Wildman–Crippen LogP) is 5.58. The number of benzene rings is 3. The first kappa shape index (κ1) is 30.7. The molecular weight excluding hydrogens is 532 g/mol. The van der Waals surface area contributed by atoms with Crippen molar-refractivity contribution in [2.75, 3.05) is 37.9 Å². The van der Waals surface area contributed by atoms with E-state index in [9.17, 15) is 19.5 Å². The van der Waals surface area contributed by atoms with Crippen molar-refractivity contribution in [2.45, 2.75) is 44.7 Å². The van der Waals surface area contributed by atoms with E-state index in [4.69, 9.17) is 4.74 Å². The smallest absolute Gasteiger partial charge is 0.323 e. The van der Waals surface area contributed by atoms with Gasteiger partial charge >= 0.3 is 12.0 Å². The van der Waals surface area contributed by atoms with Gasteiger partial charge in [-0.1, -0.05) is 54.6 Å². The number of Topliss-reactive ketones (excluding diaryl/α,β-unsaturated/α-hetero) is 1. The lowest BCUT2D eigenvalue weighted by Crippen LogP contribution is -2.55. The van der Waals surface area contributed by atoms with E-state index in [1.807, 2.05) is 73.7 Å². The first-order valence-corrected chi connectivity index (χ1v) is 14.2. The Morgan fingerprint density at radius 3 is 2.21 bits per heavy atom. The van der Waals surface area contributed by atoms with Crippen LogP contribution < -0.4 is 20.7 Å². The highest BCUT2D eigenvalue weighted by Gasteiger charge is 2.45. The van der Waals surface area contributed by atoms with Gasteiger partial charge < -0.3 is 25.8 Å². The number of amides is 2. The molecule has 0 aliphatic carbocycles. The average molecular weight is 573 g/mol. The van der Waals surface area contributed by atoms with Crippen LogP contribution >= 0.6 is 0 Å². The SMILES string of the molecule is CNC(C(C)=O)(c1ccc(NC(=O)Nc2ccccc2C)c(OC)c1)C1CCN(C(CC(=O)O)c2ccccc2)CC1. The van der Waals surface area contributed by atoms with Crippen molar-refractivity contribution in [1.82, 2.24) is 10.2 Å². The van der Waals surface area contributed by atoms with Gasteiger partial charge in [0.15, 0.2) is 5.78 Å². The van der Waals surface area contributed by atoms with Crippen LogP contribution in [0.4, 0.5) is 16.2 Å². The van der Waals surface area contributed by atoms with Gasteiger partial charge in [-0.2, -0.15) is 0 Å². The zero-order valence-corrected chi connectivity index (χ0v) is 24.6. The second kappa shape index (κ2) is 13.6. The van der Waals surface area contributed by atoms with Crippen molar-refractivity contribution in [3.8, 4) is 5.75 Å². The molecule has 2 unspecified atom stereocenters. The summed E-state index contributed by atoms with van der Waals surface area (Å²) in [6, 6.07) is 22.0. The van der Waals surface area contributed by atoms with E-state index < -0.39 is 17.5 Å². The maximum Gasteiger partial charge on any atom is 0.323 e. The summed E-state index contributed by atoms with van der Waals surface area (Å²) in [5.74, 6) is -0.456. The van der Waals surface area contributed by atoms with Crippen LogP contribution in [0.2, 0.25) is 0 Å². The number of carbonyl (C=O) groups is 3. The van der Waals surface area contributed by atoms with Crippen LogP contribution in [0.1, 0.15) is 48.9 Å². The van der Waals surface area contributed by atoms with Gasteiger partial charge in [0.05, 0.1) is 19.2 Å². The molecule has 3 aromatic carbocycles. The number of nitrogens with one attached hydrogen (secondary N) is 3. The molecule has 4 rings (SSSR count). The highest BCUT2D eigenvalue weighted by molar-refractivity contribution is 6.01. The number of aryl methyl sites for hydroxylation is 1. The van der Waals surface area contributed by atoms with Crippen LogP contribution in [0.15, 0.2) is 72.8 Å². The van der Waals surface area contributed by atoms with Gasteiger partial charge in [-0.05, 0) is 87.6 Å². The van der Waals surface area contributed by atoms with Crippen molar-refractivity contribution in [2.24, 2.45) is 5.92 Å². The van der Waals surface area contributed by atoms with Crippen LogP contribution in [0.3, 0.4) is 0 Å². The number of carboxylic acids is 1. The number of methoxy groups -OCH3 is 1. The van der Waals surface area contributed by atoms with E-state index in [2.05, 4.69) is 20.9 Å². The maximum absolute atomic E-state index is 13.4. The summed E-state index contributed by atoms with van der Waals surface area (Å²) in [5, 5.41) is 18.7. The second-order valence-electron chi connectivity index (χ2n) is 10.8. The molecule has 3 aromatic rings. The fraction of sp³-hybridized carbons (Fsp3) is 0.364. The first-order valence-electron chi connectivity index (χ1n) is 14.2. The lowest BCUT2D eigenvalue weighted by molar-refractivity contribution is -0.138. The minimum Gasteiger partial charge on any atom is -0.495 e. The van der Waals surface area contributed by atoms with Crippen LogP contribution in [-0.4, -0.2) is 55.0 Å². The number of carbonyl (C=O) groups excluding carboxylic acids is 2. The van der Waals surface area contributed by atoms with Crippen molar-refractivity contribution in [3.63, 3.8) is 0 Å². The van der Waals surface area contributed by atoms with Gasteiger partial charge in [0.2, 0.25) is 0 Å². The van der Waals surface area contributed by atoms with Gasteiger partial charge in [-0.25, -0.2) is 4.79 Å². The largest absolute Gasteiger partial charge is 0.495 e. The Kier molecular flexibility index (Phi) is 9.98. The molecule has 0 spiro atoms. The Morgan fingerprint density at radius 1 is 0.976 bits per heavy atom.